The average molecular weight is 270 g/mol. The molecule has 84 valence electrons. The van der Waals surface area contributed by atoms with Crippen LogP contribution in [0, 0.1) is 12.8 Å². The zero-order chi connectivity index (χ0) is 11.4. The van der Waals surface area contributed by atoms with E-state index in [1.165, 1.54) is 15.6 Å². The van der Waals surface area contributed by atoms with Crippen molar-refractivity contribution >= 4 is 15.9 Å². The Morgan fingerprint density at radius 1 is 1.33 bits per heavy atom. The van der Waals surface area contributed by atoms with Gasteiger partial charge in [-0.15, -0.1) is 0 Å². The number of rotatable bonds is 4. The zero-order valence-corrected chi connectivity index (χ0v) is 11.6. The summed E-state index contributed by atoms with van der Waals surface area (Å²) in [5, 5.41) is 3.38. The number of hydrogen-bond donors (Lipinski definition) is 1. The molecule has 1 aromatic rings. The van der Waals surface area contributed by atoms with Crippen LogP contribution in [0.25, 0.3) is 0 Å². The Bertz CT molecular complexity index is 320. The van der Waals surface area contributed by atoms with Crippen molar-refractivity contribution in [3.8, 4) is 0 Å². The van der Waals surface area contributed by atoms with E-state index in [0.717, 1.165) is 6.42 Å². The van der Waals surface area contributed by atoms with Crippen LogP contribution in [0.1, 0.15) is 37.4 Å². The van der Waals surface area contributed by atoms with Gasteiger partial charge in [-0.25, -0.2) is 0 Å². The van der Waals surface area contributed by atoms with E-state index in [1.54, 1.807) is 0 Å². The van der Waals surface area contributed by atoms with Crippen molar-refractivity contribution in [3.05, 3.63) is 33.8 Å². The van der Waals surface area contributed by atoms with Gasteiger partial charge in [0, 0.05) is 10.5 Å². The van der Waals surface area contributed by atoms with Crippen LogP contribution in [-0.4, -0.2) is 7.05 Å². The van der Waals surface area contributed by atoms with Crippen LogP contribution in [0.5, 0.6) is 0 Å². The normalized spacial score (nSPS) is 13.2. The summed E-state index contributed by atoms with van der Waals surface area (Å²) >= 11 is 3.64. The fourth-order valence-electron chi connectivity index (χ4n) is 1.79. The summed E-state index contributed by atoms with van der Waals surface area (Å²) in [6.45, 7) is 6.63. The van der Waals surface area contributed by atoms with Gasteiger partial charge in [-0.3, -0.25) is 0 Å². The van der Waals surface area contributed by atoms with Gasteiger partial charge in [0.25, 0.3) is 0 Å². The Morgan fingerprint density at radius 3 is 2.47 bits per heavy atom. The van der Waals surface area contributed by atoms with Gasteiger partial charge < -0.3 is 5.32 Å². The van der Waals surface area contributed by atoms with E-state index in [9.17, 15) is 0 Å². The maximum atomic E-state index is 3.64. The summed E-state index contributed by atoms with van der Waals surface area (Å²) in [6, 6.07) is 7.01. The number of halogens is 1. The molecule has 0 bridgehead atoms. The van der Waals surface area contributed by atoms with E-state index in [4.69, 9.17) is 0 Å². The molecular weight excluding hydrogens is 250 g/mol. The molecule has 0 aromatic heterocycles. The first-order valence-corrected chi connectivity index (χ1v) is 6.27. The molecule has 0 aliphatic heterocycles. The lowest BCUT2D eigenvalue weighted by Crippen LogP contribution is -2.18. The molecule has 0 saturated heterocycles. The lowest BCUT2D eigenvalue weighted by Gasteiger charge is -2.20. The van der Waals surface area contributed by atoms with Gasteiger partial charge in [0.2, 0.25) is 0 Å². The van der Waals surface area contributed by atoms with Crippen molar-refractivity contribution in [1.82, 2.24) is 5.32 Å². The summed E-state index contributed by atoms with van der Waals surface area (Å²) in [5.41, 5.74) is 2.65. The summed E-state index contributed by atoms with van der Waals surface area (Å²) in [5.74, 6) is 0.704. The third-order valence-electron chi connectivity index (χ3n) is 2.59. The first-order valence-electron chi connectivity index (χ1n) is 5.48. The molecule has 0 radical (unpaired) electrons. The van der Waals surface area contributed by atoms with Gasteiger partial charge in [-0.1, -0.05) is 41.9 Å². The summed E-state index contributed by atoms with van der Waals surface area (Å²) in [6.07, 6.45) is 1.16. The van der Waals surface area contributed by atoms with Gasteiger partial charge >= 0.3 is 0 Å². The topological polar surface area (TPSA) is 12.0 Å². The fourth-order valence-corrected chi connectivity index (χ4v) is 2.56. The molecule has 2 heteroatoms. The first-order chi connectivity index (χ1) is 7.04. The molecule has 1 nitrogen and oxygen atoms in total. The van der Waals surface area contributed by atoms with Crippen molar-refractivity contribution in [2.45, 2.75) is 33.2 Å². The molecule has 0 amide bonds. The molecule has 0 spiro atoms. The van der Waals surface area contributed by atoms with E-state index >= 15 is 0 Å². The molecule has 1 unspecified atom stereocenters. The molecule has 0 fully saturated rings. The molecule has 1 N–H and O–H groups in total. The highest BCUT2D eigenvalue weighted by Gasteiger charge is 2.13. The minimum absolute atomic E-state index is 0.444. The average Bonchev–Trinajstić information content (AvgIpc) is 2.14. The van der Waals surface area contributed by atoms with E-state index in [1.807, 2.05) is 7.05 Å². The van der Waals surface area contributed by atoms with Gasteiger partial charge in [-0.2, -0.15) is 0 Å². The van der Waals surface area contributed by atoms with Crippen molar-refractivity contribution in [2.24, 2.45) is 5.92 Å². The summed E-state index contributed by atoms with van der Waals surface area (Å²) in [4.78, 5) is 0. The molecule has 1 atom stereocenters. The SMILES string of the molecule is CNC(CC(C)C)c1ccc(C)cc1Br. The Balaban J connectivity index is 2.91. The molecular formula is C13H20BrN. The van der Waals surface area contributed by atoms with Crippen molar-refractivity contribution in [3.63, 3.8) is 0 Å². The minimum atomic E-state index is 0.444. The maximum Gasteiger partial charge on any atom is 0.0331 e. The second-order valence-electron chi connectivity index (χ2n) is 4.50. The first kappa shape index (κ1) is 12.7. The summed E-state index contributed by atoms with van der Waals surface area (Å²) < 4.78 is 1.21. The maximum absolute atomic E-state index is 3.64. The fraction of sp³-hybridized carbons (Fsp3) is 0.538. The second-order valence-corrected chi connectivity index (χ2v) is 5.35. The largest absolute Gasteiger partial charge is 0.313 e. The van der Waals surface area contributed by atoms with Crippen LogP contribution in [0.2, 0.25) is 0 Å². The molecule has 0 heterocycles. The summed E-state index contributed by atoms with van der Waals surface area (Å²) in [7, 11) is 2.03. The minimum Gasteiger partial charge on any atom is -0.313 e. The van der Waals surface area contributed by atoms with Crippen molar-refractivity contribution in [1.29, 1.82) is 0 Å². The number of nitrogens with one attached hydrogen (secondary N) is 1. The Hall–Kier alpha value is -0.340. The highest BCUT2D eigenvalue weighted by Crippen LogP contribution is 2.28. The van der Waals surface area contributed by atoms with Crippen LogP contribution in [0.4, 0.5) is 0 Å². The predicted molar refractivity (Wildman–Crippen MR) is 70.1 cm³/mol. The van der Waals surface area contributed by atoms with E-state index in [0.29, 0.717) is 12.0 Å². The third-order valence-corrected chi connectivity index (χ3v) is 3.27. The van der Waals surface area contributed by atoms with Crippen LogP contribution < -0.4 is 5.32 Å². The van der Waals surface area contributed by atoms with Gasteiger partial charge in [-0.05, 0) is 43.5 Å². The van der Waals surface area contributed by atoms with Crippen molar-refractivity contribution < 1.29 is 0 Å². The molecule has 0 aliphatic carbocycles. The van der Waals surface area contributed by atoms with E-state index < -0.39 is 0 Å². The number of benzene rings is 1. The predicted octanol–water partition coefficient (Wildman–Crippen LogP) is 4.06. The number of hydrogen-bond acceptors (Lipinski definition) is 1. The van der Waals surface area contributed by atoms with Crippen LogP contribution in [0.15, 0.2) is 22.7 Å². The van der Waals surface area contributed by atoms with Gasteiger partial charge in [0.05, 0.1) is 0 Å². The molecule has 1 aromatic carbocycles. The van der Waals surface area contributed by atoms with Gasteiger partial charge in [0.1, 0.15) is 0 Å². The van der Waals surface area contributed by atoms with Crippen molar-refractivity contribution in [2.75, 3.05) is 7.05 Å². The third kappa shape index (κ3) is 3.62. The molecule has 15 heavy (non-hydrogen) atoms. The Kier molecular flexibility index (Phi) is 4.81. The molecule has 0 saturated carbocycles. The van der Waals surface area contributed by atoms with Crippen LogP contribution in [0.3, 0.4) is 0 Å². The number of aryl methyl sites for hydroxylation is 1. The second kappa shape index (κ2) is 5.66. The highest BCUT2D eigenvalue weighted by atomic mass is 79.9. The highest BCUT2D eigenvalue weighted by molar-refractivity contribution is 9.10. The molecule has 0 aliphatic rings. The zero-order valence-electron chi connectivity index (χ0n) is 9.97. The Morgan fingerprint density at radius 2 is 2.00 bits per heavy atom. The van der Waals surface area contributed by atoms with E-state index in [2.05, 4.69) is 60.2 Å². The van der Waals surface area contributed by atoms with Crippen LogP contribution >= 0.6 is 15.9 Å². The lowest BCUT2D eigenvalue weighted by molar-refractivity contribution is 0.455. The van der Waals surface area contributed by atoms with Crippen LogP contribution in [-0.2, 0) is 0 Å². The lowest BCUT2D eigenvalue weighted by atomic mass is 9.96. The quantitative estimate of drug-likeness (QED) is 0.869. The molecule has 1 rings (SSSR count). The standard InChI is InChI=1S/C13H20BrN/c1-9(2)7-13(15-4)11-6-5-10(3)8-12(11)14/h5-6,8-9,13,15H,7H2,1-4H3. The Labute approximate surface area is 101 Å². The van der Waals surface area contributed by atoms with E-state index in [-0.39, 0.29) is 0 Å². The van der Waals surface area contributed by atoms with Gasteiger partial charge in [0.15, 0.2) is 0 Å². The monoisotopic (exact) mass is 269 g/mol. The smallest absolute Gasteiger partial charge is 0.0331 e.